The van der Waals surface area contributed by atoms with Crippen LogP contribution in [0.2, 0.25) is 0 Å². The maximum atomic E-state index is 12.3. The van der Waals surface area contributed by atoms with E-state index in [1.165, 1.54) is 22.6 Å². The van der Waals surface area contributed by atoms with Crippen molar-refractivity contribution in [3.63, 3.8) is 0 Å². The van der Waals surface area contributed by atoms with Crippen LogP contribution in [-0.4, -0.2) is 17.7 Å². The van der Waals surface area contributed by atoms with E-state index in [1.54, 1.807) is 11.3 Å². The van der Waals surface area contributed by atoms with Crippen LogP contribution in [-0.2, 0) is 12.2 Å². The van der Waals surface area contributed by atoms with Gasteiger partial charge in [-0.05, 0) is 48.5 Å². The standard InChI is InChI=1S/C15H21NOS2/c1-15(2)5-3-11(8-15)16-14(17)13-7-10-9-18-6-4-12(10)19-13/h7,11H,3-6,8-9H2,1-2H3,(H,16,17). The number of thioether (sulfide) groups is 1. The number of nitrogens with one attached hydrogen (secondary N) is 1. The monoisotopic (exact) mass is 295 g/mol. The average molecular weight is 295 g/mol. The molecule has 19 heavy (non-hydrogen) atoms. The van der Waals surface area contributed by atoms with E-state index in [0.29, 0.717) is 11.5 Å². The quantitative estimate of drug-likeness (QED) is 0.898. The molecular weight excluding hydrogens is 274 g/mol. The molecule has 1 aliphatic heterocycles. The lowest BCUT2D eigenvalue weighted by Crippen LogP contribution is -2.33. The summed E-state index contributed by atoms with van der Waals surface area (Å²) in [5, 5.41) is 3.22. The Labute approximate surface area is 123 Å². The molecule has 4 heteroatoms. The lowest BCUT2D eigenvalue weighted by Gasteiger charge is -2.17. The van der Waals surface area contributed by atoms with Crippen LogP contribution in [0.4, 0.5) is 0 Å². The Bertz CT molecular complexity index is 469. The molecule has 2 heterocycles. The zero-order valence-electron chi connectivity index (χ0n) is 11.6. The molecule has 1 saturated carbocycles. The fraction of sp³-hybridized carbons (Fsp3) is 0.667. The largest absolute Gasteiger partial charge is 0.349 e. The second-order valence-corrected chi connectivity index (χ2v) is 8.68. The summed E-state index contributed by atoms with van der Waals surface area (Å²) in [6.45, 7) is 4.58. The van der Waals surface area contributed by atoms with Gasteiger partial charge in [0.25, 0.3) is 5.91 Å². The minimum absolute atomic E-state index is 0.145. The Hall–Kier alpha value is -0.480. The van der Waals surface area contributed by atoms with Crippen molar-refractivity contribution >= 4 is 29.0 Å². The average Bonchev–Trinajstić information content (AvgIpc) is 2.92. The molecule has 1 amide bonds. The zero-order valence-corrected chi connectivity index (χ0v) is 13.3. The second kappa shape index (κ2) is 5.13. The molecule has 1 unspecified atom stereocenters. The summed E-state index contributed by atoms with van der Waals surface area (Å²) < 4.78 is 0. The maximum absolute atomic E-state index is 12.3. The fourth-order valence-electron chi connectivity index (χ4n) is 3.07. The fourth-order valence-corrected chi connectivity index (χ4v) is 5.35. The first-order chi connectivity index (χ1) is 9.03. The van der Waals surface area contributed by atoms with Gasteiger partial charge in [0, 0.05) is 16.7 Å². The SMILES string of the molecule is CC1(C)CCC(NC(=O)c2cc3c(s2)CCSC3)C1. The summed E-state index contributed by atoms with van der Waals surface area (Å²) >= 11 is 3.67. The van der Waals surface area contributed by atoms with E-state index in [2.05, 4.69) is 25.2 Å². The number of carbonyl (C=O) groups is 1. The number of rotatable bonds is 2. The molecule has 1 fully saturated rings. The zero-order chi connectivity index (χ0) is 13.5. The summed E-state index contributed by atoms with van der Waals surface area (Å²) in [5.74, 6) is 2.42. The normalized spacial score (nSPS) is 25.1. The molecule has 1 aliphatic carbocycles. The summed E-state index contributed by atoms with van der Waals surface area (Å²) in [6, 6.07) is 2.48. The molecule has 0 aromatic carbocycles. The number of thiophene rings is 1. The topological polar surface area (TPSA) is 29.1 Å². The van der Waals surface area contributed by atoms with Gasteiger partial charge in [0.15, 0.2) is 0 Å². The predicted molar refractivity (Wildman–Crippen MR) is 83.1 cm³/mol. The molecule has 2 aliphatic rings. The van der Waals surface area contributed by atoms with Crippen LogP contribution < -0.4 is 5.32 Å². The lowest BCUT2D eigenvalue weighted by atomic mass is 9.92. The molecule has 0 spiro atoms. The minimum Gasteiger partial charge on any atom is -0.349 e. The second-order valence-electron chi connectivity index (χ2n) is 6.44. The molecule has 1 atom stereocenters. The summed E-state index contributed by atoms with van der Waals surface area (Å²) in [5.41, 5.74) is 1.78. The van der Waals surface area contributed by atoms with Crippen molar-refractivity contribution in [3.05, 3.63) is 21.4 Å². The first-order valence-electron chi connectivity index (χ1n) is 7.04. The van der Waals surface area contributed by atoms with Gasteiger partial charge in [-0.2, -0.15) is 11.8 Å². The molecule has 0 radical (unpaired) electrons. The van der Waals surface area contributed by atoms with Gasteiger partial charge in [-0.15, -0.1) is 11.3 Å². The molecule has 1 aromatic rings. The highest BCUT2D eigenvalue weighted by molar-refractivity contribution is 7.98. The van der Waals surface area contributed by atoms with E-state index >= 15 is 0 Å². The molecular formula is C15H21NOS2. The van der Waals surface area contributed by atoms with Crippen LogP contribution in [0.15, 0.2) is 6.07 Å². The highest BCUT2D eigenvalue weighted by Gasteiger charge is 2.32. The Morgan fingerprint density at radius 2 is 2.32 bits per heavy atom. The van der Waals surface area contributed by atoms with Crippen molar-refractivity contribution in [3.8, 4) is 0 Å². The van der Waals surface area contributed by atoms with E-state index in [4.69, 9.17) is 0 Å². The van der Waals surface area contributed by atoms with E-state index in [0.717, 1.165) is 29.9 Å². The predicted octanol–water partition coefficient (Wildman–Crippen LogP) is 3.85. The van der Waals surface area contributed by atoms with E-state index in [1.807, 2.05) is 11.8 Å². The smallest absolute Gasteiger partial charge is 0.261 e. The van der Waals surface area contributed by atoms with Gasteiger partial charge >= 0.3 is 0 Å². The maximum Gasteiger partial charge on any atom is 0.261 e. The summed E-state index contributed by atoms with van der Waals surface area (Å²) in [6.07, 6.45) is 4.59. The molecule has 104 valence electrons. The van der Waals surface area contributed by atoms with Crippen LogP contribution in [0.3, 0.4) is 0 Å². The van der Waals surface area contributed by atoms with Gasteiger partial charge in [-0.1, -0.05) is 13.8 Å². The van der Waals surface area contributed by atoms with Crippen molar-refractivity contribution < 1.29 is 4.79 Å². The third-order valence-corrected chi connectivity index (χ3v) is 6.40. The minimum atomic E-state index is 0.145. The molecule has 2 nitrogen and oxygen atoms in total. The van der Waals surface area contributed by atoms with Crippen LogP contribution in [0.25, 0.3) is 0 Å². The van der Waals surface area contributed by atoms with Gasteiger partial charge in [0.1, 0.15) is 0 Å². The third kappa shape index (κ3) is 3.00. The Balaban J connectivity index is 1.66. The molecule has 0 saturated heterocycles. The number of aryl methyl sites for hydroxylation is 1. The van der Waals surface area contributed by atoms with Crippen LogP contribution in [0, 0.1) is 5.41 Å². The van der Waals surface area contributed by atoms with Gasteiger partial charge in [-0.25, -0.2) is 0 Å². The van der Waals surface area contributed by atoms with Crippen molar-refractivity contribution in [2.75, 3.05) is 5.75 Å². The number of amides is 1. The van der Waals surface area contributed by atoms with Crippen LogP contribution in [0.1, 0.15) is 53.2 Å². The van der Waals surface area contributed by atoms with Gasteiger partial charge in [0.2, 0.25) is 0 Å². The van der Waals surface area contributed by atoms with Crippen molar-refractivity contribution in [2.45, 2.75) is 51.3 Å². The van der Waals surface area contributed by atoms with Gasteiger partial charge < -0.3 is 5.32 Å². The Kier molecular flexibility index (Phi) is 3.65. The van der Waals surface area contributed by atoms with Gasteiger partial charge in [-0.3, -0.25) is 4.79 Å². The summed E-state index contributed by atoms with van der Waals surface area (Å²) in [7, 11) is 0. The number of hydrogen-bond acceptors (Lipinski definition) is 3. The van der Waals surface area contributed by atoms with Crippen molar-refractivity contribution in [1.82, 2.24) is 5.32 Å². The van der Waals surface area contributed by atoms with Crippen molar-refractivity contribution in [1.29, 1.82) is 0 Å². The number of fused-ring (bicyclic) bond motifs is 1. The Morgan fingerprint density at radius 3 is 3.00 bits per heavy atom. The number of carbonyl (C=O) groups excluding carboxylic acids is 1. The van der Waals surface area contributed by atoms with Crippen LogP contribution in [0.5, 0.6) is 0 Å². The van der Waals surface area contributed by atoms with Crippen LogP contribution >= 0.6 is 23.1 Å². The Morgan fingerprint density at radius 1 is 1.47 bits per heavy atom. The highest BCUT2D eigenvalue weighted by atomic mass is 32.2. The summed E-state index contributed by atoms with van der Waals surface area (Å²) in [4.78, 5) is 14.7. The van der Waals surface area contributed by atoms with E-state index in [-0.39, 0.29) is 5.91 Å². The number of hydrogen-bond donors (Lipinski definition) is 1. The molecule has 1 N–H and O–H groups in total. The molecule has 3 rings (SSSR count). The first kappa shape index (κ1) is 13.5. The third-order valence-electron chi connectivity index (χ3n) is 4.16. The van der Waals surface area contributed by atoms with Gasteiger partial charge in [0.05, 0.1) is 4.88 Å². The first-order valence-corrected chi connectivity index (χ1v) is 9.01. The molecule has 0 bridgehead atoms. The van der Waals surface area contributed by atoms with E-state index in [9.17, 15) is 4.79 Å². The highest BCUT2D eigenvalue weighted by Crippen LogP contribution is 2.37. The lowest BCUT2D eigenvalue weighted by molar-refractivity contribution is 0.0940. The van der Waals surface area contributed by atoms with E-state index < -0.39 is 0 Å². The molecule has 1 aromatic heterocycles. The van der Waals surface area contributed by atoms with Crippen molar-refractivity contribution in [2.24, 2.45) is 5.41 Å².